The standard InChI is InChI=1S/C18H19NO6/c1-19(23-3)18(21)25-16-14(10-7-11-15(16)22-2)17(20)24-12-13-8-5-4-6-9-13/h4-11H,12H2,1-3H3. The van der Waals surface area contributed by atoms with Gasteiger partial charge in [0.1, 0.15) is 12.2 Å². The molecule has 0 aromatic heterocycles. The molecule has 25 heavy (non-hydrogen) atoms. The molecular weight excluding hydrogens is 326 g/mol. The number of amides is 1. The lowest BCUT2D eigenvalue weighted by Crippen LogP contribution is -2.29. The molecule has 0 N–H and O–H groups in total. The van der Waals surface area contributed by atoms with Crippen LogP contribution in [-0.4, -0.2) is 38.4 Å². The lowest BCUT2D eigenvalue weighted by Gasteiger charge is -2.17. The zero-order valence-electron chi connectivity index (χ0n) is 14.2. The van der Waals surface area contributed by atoms with Crippen molar-refractivity contribution in [2.75, 3.05) is 21.3 Å². The fourth-order valence-electron chi connectivity index (χ4n) is 1.97. The summed E-state index contributed by atoms with van der Waals surface area (Å²) in [6.07, 6.45) is -0.802. The van der Waals surface area contributed by atoms with E-state index in [0.717, 1.165) is 10.6 Å². The van der Waals surface area contributed by atoms with Crippen LogP contribution in [0.2, 0.25) is 0 Å². The van der Waals surface area contributed by atoms with Crippen molar-refractivity contribution >= 4 is 12.1 Å². The highest BCUT2D eigenvalue weighted by Gasteiger charge is 2.22. The van der Waals surface area contributed by atoms with Gasteiger partial charge in [0.15, 0.2) is 11.5 Å². The van der Waals surface area contributed by atoms with Gasteiger partial charge in [-0.15, -0.1) is 0 Å². The van der Waals surface area contributed by atoms with Gasteiger partial charge in [0.2, 0.25) is 0 Å². The van der Waals surface area contributed by atoms with E-state index >= 15 is 0 Å². The second kappa shape index (κ2) is 8.70. The summed E-state index contributed by atoms with van der Waals surface area (Å²) in [6.45, 7) is 0.0994. The Bertz CT molecular complexity index is 732. The highest BCUT2D eigenvalue weighted by Crippen LogP contribution is 2.32. The van der Waals surface area contributed by atoms with Crippen LogP contribution in [0.3, 0.4) is 0 Å². The van der Waals surface area contributed by atoms with Crippen molar-refractivity contribution in [3.05, 3.63) is 59.7 Å². The first-order valence-electron chi connectivity index (χ1n) is 7.44. The summed E-state index contributed by atoms with van der Waals surface area (Å²) >= 11 is 0. The van der Waals surface area contributed by atoms with Gasteiger partial charge in [-0.3, -0.25) is 4.84 Å². The minimum atomic E-state index is -0.802. The number of methoxy groups -OCH3 is 1. The summed E-state index contributed by atoms with van der Waals surface area (Å²) in [6, 6.07) is 13.9. The van der Waals surface area contributed by atoms with Crippen LogP contribution in [0.4, 0.5) is 4.79 Å². The van der Waals surface area contributed by atoms with Crippen LogP contribution in [0, 0.1) is 0 Å². The number of benzene rings is 2. The van der Waals surface area contributed by atoms with Crippen LogP contribution in [0.1, 0.15) is 15.9 Å². The van der Waals surface area contributed by atoms with Gasteiger partial charge in [-0.25, -0.2) is 9.59 Å². The van der Waals surface area contributed by atoms with E-state index in [1.165, 1.54) is 27.3 Å². The molecule has 0 heterocycles. The van der Waals surface area contributed by atoms with E-state index in [0.29, 0.717) is 0 Å². The Morgan fingerprint density at radius 1 is 1.00 bits per heavy atom. The number of para-hydroxylation sites is 1. The summed E-state index contributed by atoms with van der Waals surface area (Å²) < 4.78 is 15.7. The number of carbonyl (C=O) groups is 2. The average molecular weight is 345 g/mol. The van der Waals surface area contributed by atoms with Crippen molar-refractivity contribution in [3.63, 3.8) is 0 Å². The predicted octanol–water partition coefficient (Wildman–Crippen LogP) is 3.04. The lowest BCUT2D eigenvalue weighted by molar-refractivity contribution is -0.0792. The van der Waals surface area contributed by atoms with Gasteiger partial charge in [-0.1, -0.05) is 36.4 Å². The van der Waals surface area contributed by atoms with Crippen molar-refractivity contribution in [3.8, 4) is 11.5 Å². The van der Waals surface area contributed by atoms with E-state index in [1.807, 2.05) is 30.3 Å². The third kappa shape index (κ3) is 4.71. The van der Waals surface area contributed by atoms with Crippen molar-refractivity contribution in [1.29, 1.82) is 0 Å². The van der Waals surface area contributed by atoms with Gasteiger partial charge in [0.05, 0.1) is 14.2 Å². The Morgan fingerprint density at radius 3 is 2.36 bits per heavy atom. The van der Waals surface area contributed by atoms with E-state index in [4.69, 9.17) is 19.0 Å². The maximum atomic E-state index is 12.4. The molecule has 1 amide bonds. The second-order valence-corrected chi connectivity index (χ2v) is 4.95. The molecule has 7 nitrogen and oxygen atoms in total. The third-order valence-electron chi connectivity index (χ3n) is 3.35. The molecule has 2 rings (SSSR count). The van der Waals surface area contributed by atoms with Gasteiger partial charge in [-0.2, -0.15) is 5.06 Å². The van der Waals surface area contributed by atoms with Crippen molar-refractivity contribution in [1.82, 2.24) is 5.06 Å². The minimum Gasteiger partial charge on any atom is -0.493 e. The first kappa shape index (κ1) is 18.3. The van der Waals surface area contributed by atoms with Crippen molar-refractivity contribution < 1.29 is 28.6 Å². The van der Waals surface area contributed by atoms with E-state index in [2.05, 4.69) is 0 Å². The smallest absolute Gasteiger partial charge is 0.439 e. The van der Waals surface area contributed by atoms with E-state index < -0.39 is 12.1 Å². The van der Waals surface area contributed by atoms with Crippen LogP contribution in [0.25, 0.3) is 0 Å². The molecule has 2 aromatic rings. The molecule has 0 atom stereocenters. The number of rotatable bonds is 6. The third-order valence-corrected chi connectivity index (χ3v) is 3.35. The highest BCUT2D eigenvalue weighted by molar-refractivity contribution is 5.94. The minimum absolute atomic E-state index is 0.0306. The van der Waals surface area contributed by atoms with Crippen molar-refractivity contribution in [2.45, 2.75) is 6.61 Å². The Hall–Kier alpha value is -3.06. The Balaban J connectivity index is 2.21. The highest BCUT2D eigenvalue weighted by atomic mass is 16.7. The normalized spacial score (nSPS) is 10.0. The molecule has 0 radical (unpaired) electrons. The molecule has 0 saturated heterocycles. The largest absolute Gasteiger partial charge is 0.493 e. The van der Waals surface area contributed by atoms with Crippen LogP contribution in [0.15, 0.2) is 48.5 Å². The molecule has 2 aromatic carbocycles. The van der Waals surface area contributed by atoms with Crippen LogP contribution < -0.4 is 9.47 Å². The zero-order chi connectivity index (χ0) is 18.2. The number of hydrogen-bond donors (Lipinski definition) is 0. The lowest BCUT2D eigenvalue weighted by atomic mass is 10.2. The molecular formula is C18H19NO6. The summed E-state index contributed by atoms with van der Waals surface area (Å²) in [5.74, 6) is -0.436. The topological polar surface area (TPSA) is 74.3 Å². The molecule has 132 valence electrons. The molecule has 0 aliphatic heterocycles. The maximum Gasteiger partial charge on any atom is 0.439 e. The molecule has 0 aliphatic rings. The van der Waals surface area contributed by atoms with Gasteiger partial charge in [0, 0.05) is 7.05 Å². The summed E-state index contributed by atoms with van der Waals surface area (Å²) in [7, 11) is 4.11. The molecule has 0 saturated carbocycles. The molecule has 0 unspecified atom stereocenters. The van der Waals surface area contributed by atoms with Crippen LogP contribution in [-0.2, 0) is 16.2 Å². The second-order valence-electron chi connectivity index (χ2n) is 4.95. The van der Waals surface area contributed by atoms with Crippen molar-refractivity contribution in [2.24, 2.45) is 0 Å². The number of hydrogen-bond acceptors (Lipinski definition) is 6. The summed E-state index contributed by atoms with van der Waals surface area (Å²) in [4.78, 5) is 29.1. The van der Waals surface area contributed by atoms with Gasteiger partial charge < -0.3 is 14.2 Å². The van der Waals surface area contributed by atoms with E-state index in [1.54, 1.807) is 12.1 Å². The average Bonchev–Trinajstić information content (AvgIpc) is 2.66. The first-order chi connectivity index (χ1) is 12.1. The number of ether oxygens (including phenoxy) is 3. The predicted molar refractivity (Wildman–Crippen MR) is 89.4 cm³/mol. The van der Waals surface area contributed by atoms with Gasteiger partial charge >= 0.3 is 12.1 Å². The summed E-state index contributed by atoms with van der Waals surface area (Å²) in [5, 5.41) is 0.880. The van der Waals surface area contributed by atoms with Crippen LogP contribution >= 0.6 is 0 Å². The number of esters is 1. The van der Waals surface area contributed by atoms with E-state index in [-0.39, 0.29) is 23.7 Å². The number of hydroxylamine groups is 2. The van der Waals surface area contributed by atoms with Gasteiger partial charge in [0.25, 0.3) is 0 Å². The Kier molecular flexibility index (Phi) is 6.36. The monoisotopic (exact) mass is 345 g/mol. The molecule has 0 aliphatic carbocycles. The van der Waals surface area contributed by atoms with E-state index in [9.17, 15) is 9.59 Å². The fraction of sp³-hybridized carbons (Fsp3) is 0.222. The van der Waals surface area contributed by atoms with Crippen LogP contribution in [0.5, 0.6) is 11.5 Å². The fourth-order valence-corrected chi connectivity index (χ4v) is 1.97. The molecule has 0 bridgehead atoms. The zero-order valence-corrected chi connectivity index (χ0v) is 14.2. The SMILES string of the molecule is COc1cccc(C(=O)OCc2ccccc2)c1OC(=O)N(C)OC. The number of carbonyl (C=O) groups excluding carboxylic acids is 2. The summed E-state index contributed by atoms with van der Waals surface area (Å²) in [5.41, 5.74) is 0.921. The Morgan fingerprint density at radius 2 is 1.72 bits per heavy atom. The molecule has 0 fully saturated rings. The Labute approximate surface area is 145 Å². The maximum absolute atomic E-state index is 12.4. The number of nitrogens with zero attached hydrogens (tertiary/aromatic N) is 1. The van der Waals surface area contributed by atoms with Gasteiger partial charge in [-0.05, 0) is 17.7 Å². The molecule has 7 heteroatoms. The molecule has 0 spiro atoms. The first-order valence-corrected chi connectivity index (χ1v) is 7.44. The quantitative estimate of drug-likeness (QED) is 0.592.